The first-order chi connectivity index (χ1) is 10.5. The molecule has 0 bridgehead atoms. The number of aliphatic carboxylic acids is 1. The quantitative estimate of drug-likeness (QED) is 0.784. The average Bonchev–Trinajstić information content (AvgIpc) is 2.48. The predicted octanol–water partition coefficient (Wildman–Crippen LogP) is 4.96. The van der Waals surface area contributed by atoms with Crippen LogP contribution in [-0.4, -0.2) is 11.1 Å². The Morgan fingerprint density at radius 2 is 1.41 bits per heavy atom. The fourth-order valence-electron chi connectivity index (χ4n) is 2.61. The summed E-state index contributed by atoms with van der Waals surface area (Å²) in [6, 6.07) is 17.2. The Balaban J connectivity index is 1.99. The van der Waals surface area contributed by atoms with Crippen LogP contribution in [0.3, 0.4) is 0 Å². The Morgan fingerprint density at radius 3 is 1.86 bits per heavy atom. The third-order valence-corrected chi connectivity index (χ3v) is 3.74. The highest BCUT2D eigenvalue weighted by molar-refractivity contribution is 5.66. The Hall–Kier alpha value is -2.09. The minimum atomic E-state index is -0.724. The second-order valence-corrected chi connectivity index (χ2v) is 6.24. The molecule has 0 saturated heterocycles. The van der Waals surface area contributed by atoms with Gasteiger partial charge in [0.1, 0.15) is 0 Å². The number of carbonyl (C=O) groups is 1. The minimum Gasteiger partial charge on any atom is -0.481 e. The highest BCUT2D eigenvalue weighted by Crippen LogP contribution is 2.21. The third kappa shape index (κ3) is 5.03. The lowest BCUT2D eigenvalue weighted by Crippen LogP contribution is -1.95. The van der Waals surface area contributed by atoms with E-state index in [1.165, 1.54) is 22.3 Å². The zero-order valence-electron chi connectivity index (χ0n) is 13.4. The smallest absolute Gasteiger partial charge is 0.303 e. The van der Waals surface area contributed by atoms with Crippen molar-refractivity contribution in [2.75, 3.05) is 0 Å². The zero-order valence-corrected chi connectivity index (χ0v) is 13.4. The maximum absolute atomic E-state index is 10.5. The Kier molecular flexibility index (Phi) is 5.76. The molecule has 2 nitrogen and oxygen atoms in total. The number of hydrogen-bond acceptors (Lipinski definition) is 1. The van der Waals surface area contributed by atoms with E-state index in [4.69, 9.17) is 5.11 Å². The van der Waals surface area contributed by atoms with Crippen molar-refractivity contribution in [2.24, 2.45) is 5.92 Å². The number of hydrogen-bond donors (Lipinski definition) is 1. The Morgan fingerprint density at radius 1 is 0.909 bits per heavy atom. The first kappa shape index (κ1) is 16.3. The summed E-state index contributed by atoms with van der Waals surface area (Å²) >= 11 is 0. The molecule has 0 unspecified atom stereocenters. The van der Waals surface area contributed by atoms with Crippen molar-refractivity contribution < 1.29 is 9.90 Å². The molecule has 0 saturated carbocycles. The number of benzene rings is 2. The molecule has 0 aliphatic rings. The predicted molar refractivity (Wildman–Crippen MR) is 91.0 cm³/mol. The van der Waals surface area contributed by atoms with Gasteiger partial charge in [-0.05, 0) is 47.4 Å². The van der Waals surface area contributed by atoms with Crippen molar-refractivity contribution in [3.05, 3.63) is 59.7 Å². The number of carboxylic acid groups (broad SMARTS) is 1. The molecule has 2 aromatic rings. The molecule has 0 amide bonds. The molecule has 2 heteroatoms. The van der Waals surface area contributed by atoms with Gasteiger partial charge < -0.3 is 5.11 Å². The number of carboxylic acids is 1. The summed E-state index contributed by atoms with van der Waals surface area (Å²) in [5.41, 5.74) is 5.01. The summed E-state index contributed by atoms with van der Waals surface area (Å²) in [5.74, 6) is -0.0472. The van der Waals surface area contributed by atoms with E-state index in [0.29, 0.717) is 12.3 Å². The summed E-state index contributed by atoms with van der Waals surface area (Å²) < 4.78 is 0. The summed E-state index contributed by atoms with van der Waals surface area (Å²) in [4.78, 5) is 10.5. The molecular formula is C20H24O2. The van der Waals surface area contributed by atoms with E-state index < -0.39 is 5.97 Å². The van der Waals surface area contributed by atoms with Crippen LogP contribution in [0.5, 0.6) is 0 Å². The van der Waals surface area contributed by atoms with Crippen molar-refractivity contribution in [1.29, 1.82) is 0 Å². The molecule has 1 N–H and O–H groups in total. The van der Waals surface area contributed by atoms with E-state index in [9.17, 15) is 4.79 Å². The van der Waals surface area contributed by atoms with E-state index in [2.05, 4.69) is 62.4 Å². The van der Waals surface area contributed by atoms with Crippen molar-refractivity contribution in [3.8, 4) is 11.1 Å². The summed E-state index contributed by atoms with van der Waals surface area (Å²) in [7, 11) is 0. The van der Waals surface area contributed by atoms with E-state index >= 15 is 0 Å². The normalized spacial score (nSPS) is 10.9. The zero-order chi connectivity index (χ0) is 15.9. The molecule has 0 heterocycles. The fraction of sp³-hybridized carbons (Fsp3) is 0.350. The molecule has 116 valence electrons. The van der Waals surface area contributed by atoms with Crippen LogP contribution in [-0.2, 0) is 17.6 Å². The van der Waals surface area contributed by atoms with E-state index in [0.717, 1.165) is 12.8 Å². The maximum Gasteiger partial charge on any atom is 0.303 e. The van der Waals surface area contributed by atoms with Gasteiger partial charge in [0.25, 0.3) is 0 Å². The molecular weight excluding hydrogens is 272 g/mol. The van der Waals surface area contributed by atoms with Gasteiger partial charge in [0.05, 0.1) is 0 Å². The van der Waals surface area contributed by atoms with E-state index in [-0.39, 0.29) is 6.42 Å². The second-order valence-electron chi connectivity index (χ2n) is 6.24. The van der Waals surface area contributed by atoms with Gasteiger partial charge >= 0.3 is 5.97 Å². The van der Waals surface area contributed by atoms with Crippen LogP contribution in [0.4, 0.5) is 0 Å². The van der Waals surface area contributed by atoms with Gasteiger partial charge in [-0.25, -0.2) is 0 Å². The van der Waals surface area contributed by atoms with Crippen LogP contribution in [0.2, 0.25) is 0 Å². The third-order valence-electron chi connectivity index (χ3n) is 3.74. The van der Waals surface area contributed by atoms with Crippen LogP contribution in [0.25, 0.3) is 11.1 Å². The van der Waals surface area contributed by atoms with Gasteiger partial charge in [-0.15, -0.1) is 0 Å². The lowest BCUT2D eigenvalue weighted by Gasteiger charge is -2.07. The van der Waals surface area contributed by atoms with Crippen LogP contribution in [0.1, 0.15) is 37.8 Å². The van der Waals surface area contributed by atoms with E-state index in [1.54, 1.807) is 0 Å². The van der Waals surface area contributed by atoms with Gasteiger partial charge in [-0.2, -0.15) is 0 Å². The maximum atomic E-state index is 10.5. The van der Waals surface area contributed by atoms with Gasteiger partial charge in [0, 0.05) is 6.42 Å². The van der Waals surface area contributed by atoms with Crippen LogP contribution in [0.15, 0.2) is 48.5 Å². The molecule has 0 atom stereocenters. The number of rotatable bonds is 7. The summed E-state index contributed by atoms with van der Waals surface area (Å²) in [6.07, 6.45) is 2.86. The second kappa shape index (κ2) is 7.79. The molecule has 0 aromatic heterocycles. The topological polar surface area (TPSA) is 37.3 Å². The molecule has 0 aliphatic heterocycles. The SMILES string of the molecule is CC(C)Cc1ccc(-c2ccc(CCCC(=O)O)cc2)cc1. The van der Waals surface area contributed by atoms with Crippen molar-refractivity contribution in [1.82, 2.24) is 0 Å². The average molecular weight is 296 g/mol. The molecule has 0 fully saturated rings. The van der Waals surface area contributed by atoms with Crippen LogP contribution in [0, 0.1) is 5.92 Å². The van der Waals surface area contributed by atoms with Crippen molar-refractivity contribution in [2.45, 2.75) is 39.5 Å². The lowest BCUT2D eigenvalue weighted by molar-refractivity contribution is -0.137. The molecule has 2 aromatic carbocycles. The van der Waals surface area contributed by atoms with Gasteiger partial charge in [0.2, 0.25) is 0 Å². The van der Waals surface area contributed by atoms with Crippen LogP contribution >= 0.6 is 0 Å². The van der Waals surface area contributed by atoms with Crippen molar-refractivity contribution >= 4 is 5.97 Å². The molecule has 2 rings (SSSR count). The largest absolute Gasteiger partial charge is 0.481 e. The molecule has 0 aliphatic carbocycles. The Bertz CT molecular complexity index is 595. The number of aryl methyl sites for hydroxylation is 1. The van der Waals surface area contributed by atoms with Crippen LogP contribution < -0.4 is 0 Å². The highest BCUT2D eigenvalue weighted by Gasteiger charge is 2.02. The van der Waals surface area contributed by atoms with Gasteiger partial charge in [0.15, 0.2) is 0 Å². The molecule has 22 heavy (non-hydrogen) atoms. The standard InChI is InChI=1S/C20H24O2/c1-15(2)14-17-8-12-19(13-9-17)18-10-6-16(7-11-18)4-3-5-20(21)22/h6-13,15H,3-5,14H2,1-2H3,(H,21,22). The Labute approximate surface area is 132 Å². The monoisotopic (exact) mass is 296 g/mol. The first-order valence-electron chi connectivity index (χ1n) is 7.94. The first-order valence-corrected chi connectivity index (χ1v) is 7.94. The molecule has 0 radical (unpaired) electrons. The van der Waals surface area contributed by atoms with Crippen molar-refractivity contribution in [3.63, 3.8) is 0 Å². The summed E-state index contributed by atoms with van der Waals surface area (Å²) in [6.45, 7) is 4.47. The van der Waals surface area contributed by atoms with Gasteiger partial charge in [-0.3, -0.25) is 4.79 Å². The van der Waals surface area contributed by atoms with Gasteiger partial charge in [-0.1, -0.05) is 62.4 Å². The minimum absolute atomic E-state index is 0.235. The molecule has 0 spiro atoms. The fourth-order valence-corrected chi connectivity index (χ4v) is 2.61. The summed E-state index contributed by atoms with van der Waals surface area (Å²) in [5, 5.41) is 8.66. The lowest BCUT2D eigenvalue weighted by atomic mass is 9.98. The highest BCUT2D eigenvalue weighted by atomic mass is 16.4. The van der Waals surface area contributed by atoms with E-state index in [1.807, 2.05) is 0 Å².